The standard InChI is InChI=1S/C26H27F2IN2O5S/c1-16(32)14-30-26(33)25-19(10-18-7-8-21(29)13-23(18)28)11-20(27)12-24(25)36-22-6-4-5-17(9-22)15-37(34,35)31(2)3/h4-9,11-13,16,32H,10,14-15H2,1-3H3,(H,30,33)/t16-/m0/s1. The molecule has 7 nitrogen and oxygen atoms in total. The van der Waals surface area contributed by atoms with Crippen molar-refractivity contribution < 1.29 is 31.8 Å². The van der Waals surface area contributed by atoms with Crippen molar-refractivity contribution in [2.45, 2.75) is 25.2 Å². The molecule has 0 saturated carbocycles. The van der Waals surface area contributed by atoms with E-state index in [0.717, 1.165) is 16.4 Å². The maximum absolute atomic E-state index is 14.7. The molecule has 0 aliphatic heterocycles. The van der Waals surface area contributed by atoms with Gasteiger partial charge in [0, 0.05) is 36.7 Å². The normalized spacial score (nSPS) is 12.4. The van der Waals surface area contributed by atoms with Gasteiger partial charge in [0.15, 0.2) is 0 Å². The van der Waals surface area contributed by atoms with Crippen molar-refractivity contribution >= 4 is 38.5 Å². The SMILES string of the molecule is C[C@H](O)CNC(=O)c1c(Cc2ccc(I)cc2F)cc(F)cc1Oc1cccc(CS(=O)(=O)N(C)C)c1. The van der Waals surface area contributed by atoms with Crippen molar-refractivity contribution in [3.8, 4) is 11.5 Å². The quantitative estimate of drug-likeness (QED) is 0.318. The minimum absolute atomic E-state index is 0.0219. The van der Waals surface area contributed by atoms with Crippen LogP contribution in [0.1, 0.15) is 34.0 Å². The summed E-state index contributed by atoms with van der Waals surface area (Å²) >= 11 is 1.98. The molecular weight excluding hydrogens is 617 g/mol. The van der Waals surface area contributed by atoms with Crippen LogP contribution < -0.4 is 10.1 Å². The first-order valence-corrected chi connectivity index (χ1v) is 13.9. The molecule has 0 spiro atoms. The fourth-order valence-corrected chi connectivity index (χ4v) is 4.79. The Kier molecular flexibility index (Phi) is 9.62. The lowest BCUT2D eigenvalue weighted by Gasteiger charge is -2.17. The van der Waals surface area contributed by atoms with Gasteiger partial charge < -0.3 is 15.2 Å². The summed E-state index contributed by atoms with van der Waals surface area (Å²) < 4.78 is 61.6. The van der Waals surface area contributed by atoms with E-state index in [9.17, 15) is 27.1 Å². The lowest BCUT2D eigenvalue weighted by atomic mass is 9.97. The lowest BCUT2D eigenvalue weighted by Crippen LogP contribution is -2.31. The highest BCUT2D eigenvalue weighted by Gasteiger charge is 2.22. The lowest BCUT2D eigenvalue weighted by molar-refractivity contribution is 0.0920. The van der Waals surface area contributed by atoms with Crippen molar-refractivity contribution in [3.05, 3.63) is 92.1 Å². The molecule has 1 amide bonds. The second-order valence-electron chi connectivity index (χ2n) is 8.70. The van der Waals surface area contributed by atoms with Gasteiger partial charge in [-0.3, -0.25) is 4.79 Å². The molecule has 0 saturated heterocycles. The monoisotopic (exact) mass is 644 g/mol. The van der Waals surface area contributed by atoms with Gasteiger partial charge in [-0.05, 0) is 76.5 Å². The Morgan fingerprint density at radius 2 is 1.84 bits per heavy atom. The summed E-state index contributed by atoms with van der Waals surface area (Å²) in [5.74, 6) is -2.05. The van der Waals surface area contributed by atoms with Crippen LogP contribution in [0.25, 0.3) is 0 Å². The number of carbonyl (C=O) groups is 1. The van der Waals surface area contributed by atoms with E-state index in [-0.39, 0.29) is 46.9 Å². The molecule has 0 fully saturated rings. The number of nitrogens with zero attached hydrogens (tertiary/aromatic N) is 1. The van der Waals surface area contributed by atoms with Crippen molar-refractivity contribution in [2.75, 3.05) is 20.6 Å². The number of halogens is 3. The second kappa shape index (κ2) is 12.3. The molecule has 0 heterocycles. The third kappa shape index (κ3) is 7.94. The number of nitrogens with one attached hydrogen (secondary N) is 1. The number of benzene rings is 3. The number of hydrogen-bond acceptors (Lipinski definition) is 5. The van der Waals surface area contributed by atoms with E-state index in [1.165, 1.54) is 33.2 Å². The third-order valence-electron chi connectivity index (χ3n) is 5.36. The highest BCUT2D eigenvalue weighted by Crippen LogP contribution is 2.32. The Morgan fingerprint density at radius 3 is 2.49 bits per heavy atom. The van der Waals surface area contributed by atoms with Gasteiger partial charge in [0.25, 0.3) is 5.91 Å². The zero-order valence-electron chi connectivity index (χ0n) is 20.5. The zero-order valence-corrected chi connectivity index (χ0v) is 23.4. The van der Waals surface area contributed by atoms with Crippen LogP contribution in [0.4, 0.5) is 8.78 Å². The summed E-state index contributed by atoms with van der Waals surface area (Å²) in [6, 6.07) is 13.0. The minimum Gasteiger partial charge on any atom is -0.456 e. The average molecular weight is 644 g/mol. The van der Waals surface area contributed by atoms with Crippen molar-refractivity contribution in [3.63, 3.8) is 0 Å². The predicted octanol–water partition coefficient (Wildman–Crippen LogP) is 4.45. The van der Waals surface area contributed by atoms with Gasteiger partial charge in [0.1, 0.15) is 23.1 Å². The first kappa shape index (κ1) is 29.0. The van der Waals surface area contributed by atoms with Crippen LogP contribution in [0.3, 0.4) is 0 Å². The van der Waals surface area contributed by atoms with E-state index < -0.39 is 33.7 Å². The highest BCUT2D eigenvalue weighted by molar-refractivity contribution is 14.1. The van der Waals surface area contributed by atoms with Crippen LogP contribution in [0.5, 0.6) is 11.5 Å². The molecule has 0 aliphatic carbocycles. The Morgan fingerprint density at radius 1 is 1.11 bits per heavy atom. The number of ether oxygens (including phenoxy) is 1. The van der Waals surface area contributed by atoms with E-state index in [4.69, 9.17) is 4.74 Å². The van der Waals surface area contributed by atoms with Gasteiger partial charge in [-0.25, -0.2) is 21.5 Å². The van der Waals surface area contributed by atoms with Crippen molar-refractivity contribution in [1.82, 2.24) is 9.62 Å². The Balaban J connectivity index is 2.04. The molecule has 11 heteroatoms. The molecule has 3 aromatic carbocycles. The van der Waals surface area contributed by atoms with Crippen molar-refractivity contribution in [1.29, 1.82) is 0 Å². The smallest absolute Gasteiger partial charge is 0.255 e. The molecule has 0 unspecified atom stereocenters. The van der Waals surface area contributed by atoms with E-state index >= 15 is 0 Å². The average Bonchev–Trinajstić information content (AvgIpc) is 2.79. The van der Waals surface area contributed by atoms with Gasteiger partial charge in [-0.1, -0.05) is 18.2 Å². The zero-order chi connectivity index (χ0) is 27.3. The molecule has 3 aromatic rings. The molecule has 0 aliphatic rings. The summed E-state index contributed by atoms with van der Waals surface area (Å²) in [5.41, 5.74) is 0.859. The molecule has 0 radical (unpaired) electrons. The molecule has 198 valence electrons. The number of aliphatic hydroxyl groups excluding tert-OH is 1. The van der Waals surface area contributed by atoms with Crippen molar-refractivity contribution in [2.24, 2.45) is 0 Å². The first-order chi connectivity index (χ1) is 17.4. The first-order valence-electron chi connectivity index (χ1n) is 11.3. The Bertz CT molecular complexity index is 1400. The third-order valence-corrected chi connectivity index (χ3v) is 7.84. The minimum atomic E-state index is -3.54. The van der Waals surface area contributed by atoms with Crippen LogP contribution in [0.15, 0.2) is 54.6 Å². The summed E-state index contributed by atoms with van der Waals surface area (Å²) in [7, 11) is -0.681. The van der Waals surface area contributed by atoms with Gasteiger partial charge >= 0.3 is 0 Å². The molecule has 2 N–H and O–H groups in total. The van der Waals surface area contributed by atoms with E-state index in [1.54, 1.807) is 30.3 Å². The molecule has 0 aromatic heterocycles. The predicted molar refractivity (Wildman–Crippen MR) is 145 cm³/mol. The topological polar surface area (TPSA) is 95.9 Å². The van der Waals surface area contributed by atoms with Crippen LogP contribution in [0, 0.1) is 15.2 Å². The number of amides is 1. The number of rotatable bonds is 10. The Hall–Kier alpha value is -2.61. The molecule has 37 heavy (non-hydrogen) atoms. The van der Waals surface area contributed by atoms with Gasteiger partial charge in [-0.2, -0.15) is 0 Å². The fourth-order valence-electron chi connectivity index (χ4n) is 3.48. The molecule has 1 atom stereocenters. The second-order valence-corrected chi connectivity index (χ2v) is 12.1. The maximum atomic E-state index is 14.7. The van der Waals surface area contributed by atoms with E-state index in [1.807, 2.05) is 22.6 Å². The largest absolute Gasteiger partial charge is 0.456 e. The summed E-state index contributed by atoms with van der Waals surface area (Å²) in [6.07, 6.45) is -0.920. The van der Waals surface area contributed by atoms with Crippen LogP contribution in [-0.2, 0) is 22.2 Å². The molecule has 0 bridgehead atoms. The number of hydrogen-bond donors (Lipinski definition) is 2. The molecule has 3 rings (SSSR count). The summed E-state index contributed by atoms with van der Waals surface area (Å²) in [4.78, 5) is 13.1. The van der Waals surface area contributed by atoms with E-state index in [0.29, 0.717) is 9.13 Å². The highest BCUT2D eigenvalue weighted by atomic mass is 127. The van der Waals surface area contributed by atoms with Gasteiger partial charge in [0.05, 0.1) is 17.4 Å². The van der Waals surface area contributed by atoms with E-state index in [2.05, 4.69) is 5.32 Å². The van der Waals surface area contributed by atoms with Crippen LogP contribution >= 0.6 is 22.6 Å². The number of sulfonamides is 1. The summed E-state index contributed by atoms with van der Waals surface area (Å²) in [6.45, 7) is 1.43. The summed E-state index contributed by atoms with van der Waals surface area (Å²) in [5, 5.41) is 12.2. The number of aliphatic hydroxyl groups is 1. The van der Waals surface area contributed by atoms with Gasteiger partial charge in [0.2, 0.25) is 10.0 Å². The maximum Gasteiger partial charge on any atom is 0.255 e. The van der Waals surface area contributed by atoms with Crippen LogP contribution in [-0.4, -0.2) is 50.5 Å². The fraction of sp³-hybridized carbons (Fsp3) is 0.269. The number of carbonyl (C=O) groups excluding carboxylic acids is 1. The van der Waals surface area contributed by atoms with Gasteiger partial charge in [-0.15, -0.1) is 0 Å². The van der Waals surface area contributed by atoms with Crippen LogP contribution in [0.2, 0.25) is 0 Å². The Labute approximate surface area is 228 Å². The molecular formula is C26H27F2IN2O5S.